The maximum Gasteiger partial charge on any atom is 0.253 e. The average Bonchev–Trinajstić information content (AvgIpc) is 2.87. The van der Waals surface area contributed by atoms with Gasteiger partial charge in [0.2, 0.25) is 5.91 Å². The van der Waals surface area contributed by atoms with Crippen molar-refractivity contribution in [2.45, 2.75) is 25.3 Å². The Morgan fingerprint density at radius 3 is 2.68 bits per heavy atom. The van der Waals surface area contributed by atoms with Crippen LogP contribution in [0.3, 0.4) is 0 Å². The molecular weight excluding hydrogens is 242 g/mol. The first-order valence-electron chi connectivity index (χ1n) is 6.44. The molecule has 0 radical (unpaired) electrons. The SMILES string of the molecule is CNC(=O)c1ccccc1NC(=O)C1(C)CCCN1. The minimum atomic E-state index is -0.546. The highest BCUT2D eigenvalue weighted by atomic mass is 16.2. The van der Waals surface area contributed by atoms with Crippen molar-refractivity contribution in [1.82, 2.24) is 10.6 Å². The summed E-state index contributed by atoms with van der Waals surface area (Å²) in [6.45, 7) is 2.73. The van der Waals surface area contributed by atoms with Crippen molar-refractivity contribution in [2.75, 3.05) is 18.9 Å². The van der Waals surface area contributed by atoms with Crippen molar-refractivity contribution in [3.63, 3.8) is 0 Å². The lowest BCUT2D eigenvalue weighted by Gasteiger charge is -2.23. The van der Waals surface area contributed by atoms with Crippen LogP contribution in [0.15, 0.2) is 24.3 Å². The average molecular weight is 261 g/mol. The van der Waals surface area contributed by atoms with E-state index in [1.165, 1.54) is 0 Å². The van der Waals surface area contributed by atoms with Crippen LogP contribution < -0.4 is 16.0 Å². The van der Waals surface area contributed by atoms with E-state index in [2.05, 4.69) is 16.0 Å². The largest absolute Gasteiger partial charge is 0.355 e. The molecule has 2 amide bonds. The second kappa shape index (κ2) is 5.40. The summed E-state index contributed by atoms with van der Waals surface area (Å²) in [7, 11) is 1.57. The molecule has 0 spiro atoms. The van der Waals surface area contributed by atoms with Gasteiger partial charge < -0.3 is 16.0 Å². The van der Waals surface area contributed by atoms with Gasteiger partial charge in [-0.05, 0) is 38.4 Å². The summed E-state index contributed by atoms with van der Waals surface area (Å²) in [6, 6.07) is 7.00. The normalized spacial score (nSPS) is 22.0. The summed E-state index contributed by atoms with van der Waals surface area (Å²) < 4.78 is 0. The third-order valence-corrected chi connectivity index (χ3v) is 3.52. The molecule has 0 bridgehead atoms. The van der Waals surface area contributed by atoms with Gasteiger partial charge in [-0.25, -0.2) is 0 Å². The Balaban J connectivity index is 2.19. The van der Waals surface area contributed by atoms with Crippen LogP contribution >= 0.6 is 0 Å². The predicted octanol–water partition coefficient (Wildman–Crippen LogP) is 1.13. The molecule has 1 fully saturated rings. The van der Waals surface area contributed by atoms with Crippen LogP contribution in [-0.2, 0) is 4.79 Å². The molecule has 1 saturated heterocycles. The fourth-order valence-corrected chi connectivity index (χ4v) is 2.27. The highest BCUT2D eigenvalue weighted by Crippen LogP contribution is 2.22. The van der Waals surface area contributed by atoms with E-state index in [-0.39, 0.29) is 11.8 Å². The number of rotatable bonds is 3. The molecule has 1 aromatic rings. The summed E-state index contributed by atoms with van der Waals surface area (Å²) in [4.78, 5) is 24.0. The van der Waals surface area contributed by atoms with Gasteiger partial charge in [0.05, 0.1) is 16.8 Å². The fraction of sp³-hybridized carbons (Fsp3) is 0.429. The van der Waals surface area contributed by atoms with Crippen molar-refractivity contribution < 1.29 is 9.59 Å². The Morgan fingerprint density at radius 1 is 1.32 bits per heavy atom. The molecule has 1 aliphatic rings. The Morgan fingerprint density at radius 2 is 2.05 bits per heavy atom. The van der Waals surface area contributed by atoms with Gasteiger partial charge in [0.25, 0.3) is 5.91 Å². The smallest absolute Gasteiger partial charge is 0.253 e. The number of nitrogens with one attached hydrogen (secondary N) is 3. The maximum absolute atomic E-state index is 12.3. The van der Waals surface area contributed by atoms with Crippen molar-refractivity contribution in [3.8, 4) is 0 Å². The summed E-state index contributed by atoms with van der Waals surface area (Å²) in [5.41, 5.74) is 0.470. The molecule has 5 heteroatoms. The molecule has 0 aromatic heterocycles. The number of carbonyl (C=O) groups excluding carboxylic acids is 2. The number of para-hydroxylation sites is 1. The standard InChI is InChI=1S/C14H19N3O2/c1-14(8-5-9-16-14)13(19)17-11-7-4-3-6-10(11)12(18)15-2/h3-4,6-7,16H,5,8-9H2,1-2H3,(H,15,18)(H,17,19). The number of carbonyl (C=O) groups is 2. The first-order chi connectivity index (χ1) is 9.07. The molecule has 1 heterocycles. The van der Waals surface area contributed by atoms with E-state index in [0.29, 0.717) is 11.3 Å². The molecule has 102 valence electrons. The van der Waals surface area contributed by atoms with Crippen molar-refractivity contribution in [2.24, 2.45) is 0 Å². The molecule has 1 aliphatic heterocycles. The van der Waals surface area contributed by atoms with Gasteiger partial charge in [0.1, 0.15) is 0 Å². The van der Waals surface area contributed by atoms with E-state index >= 15 is 0 Å². The molecule has 5 nitrogen and oxygen atoms in total. The van der Waals surface area contributed by atoms with Crippen molar-refractivity contribution in [1.29, 1.82) is 0 Å². The van der Waals surface area contributed by atoms with Crippen molar-refractivity contribution in [3.05, 3.63) is 29.8 Å². The number of benzene rings is 1. The molecule has 0 aliphatic carbocycles. The third kappa shape index (κ3) is 2.76. The van der Waals surface area contributed by atoms with Crippen LogP contribution in [0.5, 0.6) is 0 Å². The van der Waals surface area contributed by atoms with Crippen LogP contribution in [0, 0.1) is 0 Å². The minimum Gasteiger partial charge on any atom is -0.355 e. The monoisotopic (exact) mass is 261 g/mol. The van der Waals surface area contributed by atoms with Crippen molar-refractivity contribution >= 4 is 17.5 Å². The van der Waals surface area contributed by atoms with Gasteiger partial charge in [-0.3, -0.25) is 9.59 Å². The number of hydrogen-bond acceptors (Lipinski definition) is 3. The number of hydrogen-bond donors (Lipinski definition) is 3. The third-order valence-electron chi connectivity index (χ3n) is 3.52. The lowest BCUT2D eigenvalue weighted by molar-refractivity contribution is -0.121. The summed E-state index contributed by atoms with van der Waals surface area (Å²) in [6.07, 6.45) is 1.79. The Bertz CT molecular complexity index is 493. The van der Waals surface area contributed by atoms with E-state index in [0.717, 1.165) is 19.4 Å². The van der Waals surface area contributed by atoms with E-state index in [9.17, 15) is 9.59 Å². The van der Waals surface area contributed by atoms with Crippen LogP contribution in [0.2, 0.25) is 0 Å². The van der Waals surface area contributed by atoms with Gasteiger partial charge in [-0.1, -0.05) is 12.1 Å². The van der Waals surface area contributed by atoms with E-state index in [1.54, 1.807) is 31.3 Å². The Kier molecular flexibility index (Phi) is 3.85. The molecule has 1 aromatic carbocycles. The zero-order valence-corrected chi connectivity index (χ0v) is 11.2. The summed E-state index contributed by atoms with van der Waals surface area (Å²) in [5.74, 6) is -0.304. The molecule has 1 unspecified atom stereocenters. The van der Waals surface area contributed by atoms with Crippen LogP contribution in [0.25, 0.3) is 0 Å². The highest BCUT2D eigenvalue weighted by Gasteiger charge is 2.36. The molecule has 3 N–H and O–H groups in total. The van der Waals surface area contributed by atoms with E-state index < -0.39 is 5.54 Å². The zero-order valence-electron chi connectivity index (χ0n) is 11.2. The molecular formula is C14H19N3O2. The predicted molar refractivity (Wildman–Crippen MR) is 74.1 cm³/mol. The molecule has 0 saturated carbocycles. The van der Waals surface area contributed by atoms with E-state index in [1.807, 2.05) is 6.92 Å². The number of anilines is 1. The van der Waals surface area contributed by atoms with Gasteiger partial charge in [0, 0.05) is 7.05 Å². The van der Waals surface area contributed by atoms with Gasteiger partial charge in [0.15, 0.2) is 0 Å². The second-order valence-electron chi connectivity index (χ2n) is 4.94. The Labute approximate surface area is 112 Å². The first kappa shape index (κ1) is 13.5. The quantitative estimate of drug-likeness (QED) is 0.764. The van der Waals surface area contributed by atoms with Crippen LogP contribution in [0.1, 0.15) is 30.1 Å². The van der Waals surface area contributed by atoms with E-state index in [4.69, 9.17) is 0 Å². The number of amides is 2. The maximum atomic E-state index is 12.3. The molecule has 19 heavy (non-hydrogen) atoms. The van der Waals surface area contributed by atoms with Crippen LogP contribution in [0.4, 0.5) is 5.69 Å². The topological polar surface area (TPSA) is 70.2 Å². The van der Waals surface area contributed by atoms with Gasteiger partial charge in [-0.15, -0.1) is 0 Å². The summed E-state index contributed by atoms with van der Waals surface area (Å²) >= 11 is 0. The highest BCUT2D eigenvalue weighted by molar-refractivity contribution is 6.05. The molecule has 1 atom stereocenters. The fourth-order valence-electron chi connectivity index (χ4n) is 2.27. The first-order valence-corrected chi connectivity index (χ1v) is 6.44. The second-order valence-corrected chi connectivity index (χ2v) is 4.94. The lowest BCUT2D eigenvalue weighted by atomic mass is 9.99. The van der Waals surface area contributed by atoms with Gasteiger partial charge >= 0.3 is 0 Å². The zero-order chi connectivity index (χ0) is 13.9. The van der Waals surface area contributed by atoms with Gasteiger partial charge in [-0.2, -0.15) is 0 Å². The Hall–Kier alpha value is -1.88. The molecule has 2 rings (SSSR count). The lowest BCUT2D eigenvalue weighted by Crippen LogP contribution is -2.48. The van der Waals surface area contributed by atoms with Crippen LogP contribution in [-0.4, -0.2) is 30.9 Å². The summed E-state index contributed by atoms with van der Waals surface area (Å²) in [5, 5.41) is 8.62. The minimum absolute atomic E-state index is 0.0960.